The van der Waals surface area contributed by atoms with Crippen LogP contribution in [0.4, 0.5) is 0 Å². The van der Waals surface area contributed by atoms with Gasteiger partial charge in [0.1, 0.15) is 11.6 Å². The number of rotatable bonds is 4. The summed E-state index contributed by atoms with van der Waals surface area (Å²) in [5.41, 5.74) is 1.34. The van der Waals surface area contributed by atoms with Gasteiger partial charge in [0.25, 0.3) is 0 Å². The van der Waals surface area contributed by atoms with E-state index in [-0.39, 0.29) is 5.41 Å². The summed E-state index contributed by atoms with van der Waals surface area (Å²) in [7, 11) is 2.01. The van der Waals surface area contributed by atoms with Crippen LogP contribution in [0.15, 0.2) is 36.7 Å². The lowest BCUT2D eigenvalue weighted by atomic mass is 9.86. The molecule has 0 fully saturated rings. The van der Waals surface area contributed by atoms with Crippen LogP contribution in [0, 0.1) is 0 Å². The van der Waals surface area contributed by atoms with Gasteiger partial charge < -0.3 is 9.30 Å². The molecule has 2 rings (SSSR count). The van der Waals surface area contributed by atoms with E-state index in [0.717, 1.165) is 18.0 Å². The topological polar surface area (TPSA) is 27.1 Å². The van der Waals surface area contributed by atoms with Crippen LogP contribution < -0.4 is 4.74 Å². The Morgan fingerprint density at radius 1 is 1.21 bits per heavy atom. The normalized spacial score (nSPS) is 11.6. The molecule has 0 aliphatic rings. The van der Waals surface area contributed by atoms with Gasteiger partial charge in [-0.1, -0.05) is 39.0 Å². The van der Waals surface area contributed by atoms with E-state index in [1.54, 1.807) is 0 Å². The molecule has 0 radical (unpaired) electrons. The second-order valence-corrected chi connectivity index (χ2v) is 5.80. The number of nitrogens with zero attached hydrogens (tertiary/aromatic N) is 2. The molecule has 0 N–H and O–H groups in total. The van der Waals surface area contributed by atoms with Crippen molar-refractivity contribution in [3.05, 3.63) is 48.0 Å². The van der Waals surface area contributed by atoms with Crippen molar-refractivity contribution >= 4 is 0 Å². The summed E-state index contributed by atoms with van der Waals surface area (Å²) in [5.74, 6) is 2.03. The van der Waals surface area contributed by atoms with Crippen molar-refractivity contribution in [1.82, 2.24) is 9.55 Å². The summed E-state index contributed by atoms with van der Waals surface area (Å²) < 4.78 is 7.97. The Bertz CT molecular complexity index is 538. The van der Waals surface area contributed by atoms with Gasteiger partial charge in [0, 0.05) is 25.9 Å². The average Bonchev–Trinajstić information content (AvgIpc) is 2.75. The van der Waals surface area contributed by atoms with Crippen molar-refractivity contribution in [2.75, 3.05) is 6.61 Å². The Hall–Kier alpha value is -1.77. The molecule has 102 valence electrons. The van der Waals surface area contributed by atoms with Crippen LogP contribution in [0.1, 0.15) is 32.2 Å². The number of aromatic nitrogens is 2. The molecule has 0 aliphatic carbocycles. The van der Waals surface area contributed by atoms with Crippen molar-refractivity contribution < 1.29 is 4.74 Å². The van der Waals surface area contributed by atoms with Gasteiger partial charge in [0.15, 0.2) is 0 Å². The summed E-state index contributed by atoms with van der Waals surface area (Å²) in [5, 5.41) is 0. The van der Waals surface area contributed by atoms with Crippen LogP contribution in [0.2, 0.25) is 0 Å². The Morgan fingerprint density at radius 3 is 2.58 bits per heavy atom. The molecule has 1 aromatic heterocycles. The fourth-order valence-corrected chi connectivity index (χ4v) is 2.10. The maximum Gasteiger partial charge on any atom is 0.123 e. The first-order valence-corrected chi connectivity index (χ1v) is 6.67. The summed E-state index contributed by atoms with van der Waals surface area (Å²) in [6.07, 6.45) is 4.60. The standard InChI is InChI=1S/C16H22N2O/c1-16(2,3)13-7-5-6-8-14(13)19-12-9-15-17-10-11-18(15)4/h5-8,10-11H,9,12H2,1-4H3. The highest BCUT2D eigenvalue weighted by Crippen LogP contribution is 2.30. The molecule has 3 heteroatoms. The first kappa shape index (κ1) is 13.7. The van der Waals surface area contributed by atoms with Crippen LogP contribution in [-0.2, 0) is 18.9 Å². The van der Waals surface area contributed by atoms with Gasteiger partial charge in [0.05, 0.1) is 6.61 Å². The summed E-state index contributed by atoms with van der Waals surface area (Å²) in [6.45, 7) is 7.26. The van der Waals surface area contributed by atoms with Gasteiger partial charge >= 0.3 is 0 Å². The first-order valence-electron chi connectivity index (χ1n) is 6.67. The molecule has 0 spiro atoms. The third-order valence-corrected chi connectivity index (χ3v) is 3.20. The number of ether oxygens (including phenoxy) is 1. The van der Waals surface area contributed by atoms with Gasteiger partial charge in [-0.05, 0) is 17.0 Å². The number of para-hydroxylation sites is 1. The van der Waals surface area contributed by atoms with Crippen LogP contribution >= 0.6 is 0 Å². The lowest BCUT2D eigenvalue weighted by Crippen LogP contribution is -2.14. The Kier molecular flexibility index (Phi) is 3.93. The predicted octanol–water partition coefficient (Wildman–Crippen LogP) is 3.34. The molecule has 0 bridgehead atoms. The minimum absolute atomic E-state index is 0.0970. The predicted molar refractivity (Wildman–Crippen MR) is 77.5 cm³/mol. The Balaban J connectivity index is 2.02. The Morgan fingerprint density at radius 2 is 1.95 bits per heavy atom. The fourth-order valence-electron chi connectivity index (χ4n) is 2.10. The molecule has 1 heterocycles. The summed E-state index contributed by atoms with van der Waals surface area (Å²) in [4.78, 5) is 4.30. The van der Waals surface area contributed by atoms with Gasteiger partial charge in [0.2, 0.25) is 0 Å². The van der Waals surface area contributed by atoms with Crippen molar-refractivity contribution in [3.8, 4) is 5.75 Å². The van der Waals surface area contributed by atoms with Gasteiger partial charge in [-0.2, -0.15) is 0 Å². The zero-order valence-corrected chi connectivity index (χ0v) is 12.2. The number of hydrogen-bond acceptors (Lipinski definition) is 2. The highest BCUT2D eigenvalue weighted by molar-refractivity contribution is 5.38. The maximum absolute atomic E-state index is 5.94. The molecule has 0 atom stereocenters. The van der Waals surface area contributed by atoms with E-state index in [9.17, 15) is 0 Å². The van der Waals surface area contributed by atoms with Crippen molar-refractivity contribution in [3.63, 3.8) is 0 Å². The quantitative estimate of drug-likeness (QED) is 0.841. The molecule has 0 aliphatic heterocycles. The highest BCUT2D eigenvalue weighted by atomic mass is 16.5. The summed E-state index contributed by atoms with van der Waals surface area (Å²) in [6, 6.07) is 8.26. The van der Waals surface area contributed by atoms with Crippen LogP contribution in [0.3, 0.4) is 0 Å². The fraction of sp³-hybridized carbons (Fsp3) is 0.438. The molecule has 0 saturated carbocycles. The van der Waals surface area contributed by atoms with E-state index in [1.807, 2.05) is 36.1 Å². The smallest absolute Gasteiger partial charge is 0.123 e. The molecule has 19 heavy (non-hydrogen) atoms. The molecule has 1 aromatic carbocycles. The van der Waals surface area contributed by atoms with Crippen LogP contribution in [0.25, 0.3) is 0 Å². The molecule has 0 saturated heterocycles. The van der Waals surface area contributed by atoms with Crippen LogP contribution in [-0.4, -0.2) is 16.2 Å². The van der Waals surface area contributed by atoms with Crippen molar-refractivity contribution in [1.29, 1.82) is 0 Å². The SMILES string of the molecule is Cn1ccnc1CCOc1ccccc1C(C)(C)C. The molecule has 3 nitrogen and oxygen atoms in total. The maximum atomic E-state index is 5.94. The highest BCUT2D eigenvalue weighted by Gasteiger charge is 2.18. The van der Waals surface area contributed by atoms with Crippen molar-refractivity contribution in [2.45, 2.75) is 32.6 Å². The molecular formula is C16H22N2O. The minimum Gasteiger partial charge on any atom is -0.493 e. The summed E-state index contributed by atoms with van der Waals surface area (Å²) >= 11 is 0. The van der Waals surface area contributed by atoms with E-state index in [1.165, 1.54) is 5.56 Å². The molecule has 0 unspecified atom stereocenters. The van der Waals surface area contributed by atoms with E-state index < -0.39 is 0 Å². The molecular weight excluding hydrogens is 236 g/mol. The van der Waals surface area contributed by atoms with E-state index in [0.29, 0.717) is 6.61 Å². The zero-order chi connectivity index (χ0) is 13.9. The largest absolute Gasteiger partial charge is 0.493 e. The molecule has 0 amide bonds. The lowest BCUT2D eigenvalue weighted by molar-refractivity contribution is 0.309. The third-order valence-electron chi connectivity index (χ3n) is 3.20. The van der Waals surface area contributed by atoms with Gasteiger partial charge in [-0.3, -0.25) is 0 Å². The average molecular weight is 258 g/mol. The van der Waals surface area contributed by atoms with E-state index in [4.69, 9.17) is 4.74 Å². The number of imidazole rings is 1. The number of benzene rings is 1. The Labute approximate surface area is 115 Å². The zero-order valence-electron chi connectivity index (χ0n) is 12.2. The number of aryl methyl sites for hydroxylation is 1. The lowest BCUT2D eigenvalue weighted by Gasteiger charge is -2.22. The van der Waals surface area contributed by atoms with Gasteiger partial charge in [-0.15, -0.1) is 0 Å². The van der Waals surface area contributed by atoms with Crippen molar-refractivity contribution in [2.24, 2.45) is 7.05 Å². The monoisotopic (exact) mass is 258 g/mol. The number of hydrogen-bond donors (Lipinski definition) is 0. The minimum atomic E-state index is 0.0970. The second kappa shape index (κ2) is 5.47. The van der Waals surface area contributed by atoms with Gasteiger partial charge in [-0.25, -0.2) is 4.98 Å². The van der Waals surface area contributed by atoms with Crippen LogP contribution in [0.5, 0.6) is 5.75 Å². The van der Waals surface area contributed by atoms with E-state index >= 15 is 0 Å². The molecule has 2 aromatic rings. The third kappa shape index (κ3) is 3.37. The second-order valence-electron chi connectivity index (χ2n) is 5.80. The van der Waals surface area contributed by atoms with E-state index in [2.05, 4.69) is 37.9 Å². The first-order chi connectivity index (χ1) is 8.98.